The minimum atomic E-state index is -2.64. The number of amides is 1. The SMILES string of the molecule is O=C(N[C@@H](CSC(c1ccccc1)c1ccccc1)[C@](O)(CC(=O)c1ccccc1)C(=O)O)OCC1c2ccccc2-c2ccccc21. The van der Waals surface area contributed by atoms with Gasteiger partial charge in [-0.05, 0) is 33.4 Å². The zero-order chi connectivity index (χ0) is 33.5. The van der Waals surface area contributed by atoms with Crippen LogP contribution in [-0.2, 0) is 9.53 Å². The normalized spacial score (nSPS) is 14.0. The van der Waals surface area contributed by atoms with E-state index < -0.39 is 35.9 Å². The molecule has 0 bridgehead atoms. The quantitative estimate of drug-likeness (QED) is 0.112. The number of Topliss-reactive ketones (excluding diaryl/α,β-unsaturated/α-hetero) is 1. The van der Waals surface area contributed by atoms with Crippen molar-refractivity contribution in [3.05, 3.63) is 167 Å². The van der Waals surface area contributed by atoms with E-state index in [4.69, 9.17) is 4.74 Å². The molecule has 0 saturated carbocycles. The fourth-order valence-corrected chi connectivity index (χ4v) is 7.68. The highest BCUT2D eigenvalue weighted by Gasteiger charge is 2.47. The molecule has 0 radical (unpaired) electrons. The third-order valence-electron chi connectivity index (χ3n) is 8.74. The maximum atomic E-state index is 13.5. The van der Waals surface area contributed by atoms with Crippen molar-refractivity contribution in [1.29, 1.82) is 0 Å². The van der Waals surface area contributed by atoms with Gasteiger partial charge in [0.2, 0.25) is 0 Å². The molecule has 2 atom stereocenters. The molecule has 0 fully saturated rings. The summed E-state index contributed by atoms with van der Waals surface area (Å²) < 4.78 is 5.76. The number of nitrogens with one attached hydrogen (secondary N) is 1. The van der Waals surface area contributed by atoms with Crippen molar-refractivity contribution < 1.29 is 29.3 Å². The highest BCUT2D eigenvalue weighted by Crippen LogP contribution is 2.44. The lowest BCUT2D eigenvalue weighted by Crippen LogP contribution is -2.59. The molecule has 0 unspecified atom stereocenters. The Hall–Kier alpha value is -5.18. The van der Waals surface area contributed by atoms with Gasteiger partial charge in [-0.1, -0.05) is 140 Å². The first-order chi connectivity index (χ1) is 23.3. The topological polar surface area (TPSA) is 113 Å². The van der Waals surface area contributed by atoms with Crippen LogP contribution in [0.25, 0.3) is 11.1 Å². The van der Waals surface area contributed by atoms with E-state index in [2.05, 4.69) is 5.32 Å². The molecule has 6 rings (SSSR count). The lowest BCUT2D eigenvalue weighted by Gasteiger charge is -2.33. The number of hydrogen-bond acceptors (Lipinski definition) is 6. The largest absolute Gasteiger partial charge is 0.479 e. The molecule has 0 saturated heterocycles. The van der Waals surface area contributed by atoms with Crippen LogP contribution in [0.1, 0.15) is 50.2 Å². The van der Waals surface area contributed by atoms with Crippen LogP contribution in [0.5, 0.6) is 0 Å². The highest BCUT2D eigenvalue weighted by molar-refractivity contribution is 7.99. The van der Waals surface area contributed by atoms with E-state index in [9.17, 15) is 24.6 Å². The van der Waals surface area contributed by atoms with Crippen LogP contribution in [0, 0.1) is 0 Å². The molecular weight excluding hydrogens is 623 g/mol. The van der Waals surface area contributed by atoms with Crippen molar-refractivity contribution in [2.24, 2.45) is 0 Å². The predicted molar refractivity (Wildman–Crippen MR) is 187 cm³/mol. The van der Waals surface area contributed by atoms with Crippen molar-refractivity contribution in [1.82, 2.24) is 5.32 Å². The van der Waals surface area contributed by atoms with Crippen LogP contribution in [-0.4, -0.2) is 52.1 Å². The number of carboxylic acids is 1. The second-order valence-corrected chi connectivity index (χ2v) is 12.9. The van der Waals surface area contributed by atoms with Gasteiger partial charge in [-0.15, -0.1) is 11.8 Å². The number of hydrogen-bond donors (Lipinski definition) is 3. The van der Waals surface area contributed by atoms with Crippen LogP contribution in [0.15, 0.2) is 140 Å². The van der Waals surface area contributed by atoms with Crippen LogP contribution in [0.4, 0.5) is 4.79 Å². The summed E-state index contributed by atoms with van der Waals surface area (Å²) in [4.78, 5) is 39.6. The van der Waals surface area contributed by atoms with Gasteiger partial charge in [0.05, 0.1) is 17.7 Å². The Kier molecular flexibility index (Phi) is 10.0. The number of rotatable bonds is 13. The van der Waals surface area contributed by atoms with Crippen molar-refractivity contribution in [2.45, 2.75) is 29.2 Å². The predicted octanol–water partition coefficient (Wildman–Crippen LogP) is 7.51. The first kappa shape index (κ1) is 32.7. The minimum Gasteiger partial charge on any atom is -0.479 e. The van der Waals surface area contributed by atoms with Gasteiger partial charge >= 0.3 is 12.1 Å². The number of fused-ring (bicyclic) bond motifs is 3. The zero-order valence-corrected chi connectivity index (χ0v) is 26.9. The monoisotopic (exact) mass is 657 g/mol. The second kappa shape index (κ2) is 14.7. The van der Waals surface area contributed by atoms with Crippen molar-refractivity contribution in [3.63, 3.8) is 0 Å². The summed E-state index contributed by atoms with van der Waals surface area (Å²) in [7, 11) is 0. The van der Waals surface area contributed by atoms with E-state index >= 15 is 0 Å². The summed E-state index contributed by atoms with van der Waals surface area (Å²) in [5, 5.41) is 24.7. The van der Waals surface area contributed by atoms with Crippen LogP contribution in [0.2, 0.25) is 0 Å². The molecule has 5 aromatic carbocycles. The molecule has 1 aliphatic carbocycles. The maximum Gasteiger partial charge on any atom is 0.407 e. The van der Waals surface area contributed by atoms with Gasteiger partial charge in [0.1, 0.15) is 6.61 Å². The number of alkyl carbamates (subject to hydrolysis) is 1. The number of ketones is 1. The van der Waals surface area contributed by atoms with Gasteiger partial charge in [-0.3, -0.25) is 4.79 Å². The molecule has 0 aliphatic heterocycles. The van der Waals surface area contributed by atoms with Gasteiger partial charge in [-0.25, -0.2) is 9.59 Å². The molecule has 5 aromatic rings. The van der Waals surface area contributed by atoms with Crippen LogP contribution in [0.3, 0.4) is 0 Å². The van der Waals surface area contributed by atoms with Crippen molar-refractivity contribution >= 4 is 29.6 Å². The number of carboxylic acid groups (broad SMARTS) is 1. The van der Waals surface area contributed by atoms with Crippen LogP contribution < -0.4 is 5.32 Å². The number of carbonyl (C=O) groups is 3. The number of ether oxygens (including phenoxy) is 1. The fourth-order valence-electron chi connectivity index (χ4n) is 6.23. The number of carbonyl (C=O) groups excluding carboxylic acids is 2. The van der Waals surface area contributed by atoms with E-state index in [1.807, 2.05) is 109 Å². The van der Waals surface area contributed by atoms with E-state index in [1.54, 1.807) is 30.3 Å². The Morgan fingerprint density at radius 3 is 1.71 bits per heavy atom. The van der Waals surface area contributed by atoms with E-state index in [-0.39, 0.29) is 29.1 Å². The average Bonchev–Trinajstić information content (AvgIpc) is 3.45. The van der Waals surface area contributed by atoms with Crippen molar-refractivity contribution in [2.75, 3.05) is 12.4 Å². The summed E-state index contributed by atoms with van der Waals surface area (Å²) in [6.45, 7) is 0.00479. The van der Waals surface area contributed by atoms with E-state index in [1.165, 1.54) is 11.8 Å². The second-order valence-electron chi connectivity index (χ2n) is 11.8. The van der Waals surface area contributed by atoms with Gasteiger partial charge in [0.15, 0.2) is 11.4 Å². The summed E-state index contributed by atoms with van der Waals surface area (Å²) in [5.74, 6) is -2.43. The molecular formula is C40H35NO6S. The summed E-state index contributed by atoms with van der Waals surface area (Å²) >= 11 is 1.36. The minimum absolute atomic E-state index is 0.00479. The Labute approximate surface area is 283 Å². The highest BCUT2D eigenvalue weighted by atomic mass is 32.2. The summed E-state index contributed by atoms with van der Waals surface area (Å²) in [6, 6.07) is 42.1. The molecule has 8 heteroatoms. The van der Waals surface area contributed by atoms with Gasteiger partial charge in [0, 0.05) is 17.2 Å². The third kappa shape index (κ3) is 7.05. The molecule has 3 N–H and O–H groups in total. The number of aliphatic carboxylic acids is 1. The average molecular weight is 658 g/mol. The van der Waals surface area contributed by atoms with Crippen LogP contribution >= 0.6 is 11.8 Å². The zero-order valence-electron chi connectivity index (χ0n) is 26.1. The van der Waals surface area contributed by atoms with Gasteiger partial charge < -0.3 is 20.3 Å². The van der Waals surface area contributed by atoms with Gasteiger partial charge in [0.25, 0.3) is 0 Å². The molecule has 0 spiro atoms. The van der Waals surface area contributed by atoms with Crippen molar-refractivity contribution in [3.8, 4) is 11.1 Å². The molecule has 1 aliphatic rings. The molecule has 242 valence electrons. The molecule has 0 aromatic heterocycles. The first-order valence-corrected chi connectivity index (χ1v) is 16.8. The summed E-state index contributed by atoms with van der Waals surface area (Å²) in [5.41, 5.74) is 3.76. The van der Waals surface area contributed by atoms with E-state index in [0.29, 0.717) is 0 Å². The number of aliphatic hydroxyl groups is 1. The first-order valence-electron chi connectivity index (χ1n) is 15.7. The maximum absolute atomic E-state index is 13.5. The number of benzene rings is 5. The lowest BCUT2D eigenvalue weighted by atomic mass is 9.87. The molecule has 1 amide bonds. The Bertz CT molecular complexity index is 1800. The standard InChI is InChI=1S/C40H35NO6S/c42-35(27-14-4-1-5-15-27)24-40(46,38(43)44)36(26-48-37(28-16-6-2-7-17-28)29-18-8-3-9-19-29)41-39(45)47-25-34-32-22-12-10-20-30(32)31-21-11-13-23-33(31)34/h1-23,34,36-37,46H,24-26H2,(H,41,45)(H,43,44)/t36-,40+/m0/s1. The Morgan fingerprint density at radius 2 is 1.19 bits per heavy atom. The Balaban J connectivity index is 1.27. The lowest BCUT2D eigenvalue weighted by molar-refractivity contribution is -0.160. The fraction of sp³-hybridized carbons (Fsp3) is 0.175. The molecule has 0 heterocycles. The number of thioether (sulfide) groups is 1. The Morgan fingerprint density at radius 1 is 0.708 bits per heavy atom. The molecule has 48 heavy (non-hydrogen) atoms. The third-order valence-corrected chi connectivity index (χ3v) is 10.1. The summed E-state index contributed by atoms with van der Waals surface area (Å²) in [6.07, 6.45) is -1.63. The van der Waals surface area contributed by atoms with E-state index in [0.717, 1.165) is 33.4 Å². The molecule has 7 nitrogen and oxygen atoms in total. The smallest absolute Gasteiger partial charge is 0.407 e. The van der Waals surface area contributed by atoms with Gasteiger partial charge in [-0.2, -0.15) is 0 Å².